The molecule has 8 nitrogen and oxygen atoms in total. The predicted octanol–water partition coefficient (Wildman–Crippen LogP) is 1.76. The topological polar surface area (TPSA) is 89.7 Å². The van der Waals surface area contributed by atoms with E-state index in [4.69, 9.17) is 0 Å². The molecule has 0 radical (unpaired) electrons. The number of aryl methyl sites for hydroxylation is 2. The van der Waals surface area contributed by atoms with Crippen molar-refractivity contribution in [3.8, 4) is 0 Å². The van der Waals surface area contributed by atoms with Crippen molar-refractivity contribution in [3.05, 3.63) is 41.5 Å². The van der Waals surface area contributed by atoms with E-state index in [0.717, 1.165) is 61.3 Å². The van der Waals surface area contributed by atoms with Gasteiger partial charge in [-0.25, -0.2) is 9.67 Å². The van der Waals surface area contributed by atoms with Gasteiger partial charge >= 0.3 is 0 Å². The highest BCUT2D eigenvalue weighted by atomic mass is 16.2. The van der Waals surface area contributed by atoms with Gasteiger partial charge in [0.15, 0.2) is 5.69 Å². The summed E-state index contributed by atoms with van der Waals surface area (Å²) in [5, 5.41) is 14.7. The number of rotatable bonds is 6. The predicted molar refractivity (Wildman–Crippen MR) is 107 cm³/mol. The van der Waals surface area contributed by atoms with Crippen LogP contribution in [0.2, 0.25) is 0 Å². The molecule has 2 aromatic heterocycles. The number of benzene rings is 1. The first-order chi connectivity index (χ1) is 13.6. The fourth-order valence-electron chi connectivity index (χ4n) is 3.90. The average Bonchev–Trinajstić information content (AvgIpc) is 3.26. The number of carbonyl (C=O) groups excluding carboxylic acids is 1. The molecule has 0 unspecified atom stereocenters. The summed E-state index contributed by atoms with van der Waals surface area (Å²) in [6, 6.07) is 8.44. The van der Waals surface area contributed by atoms with E-state index in [-0.39, 0.29) is 5.91 Å². The first-order valence-electron chi connectivity index (χ1n) is 9.96. The molecule has 1 amide bonds. The Bertz CT molecular complexity index is 968. The highest BCUT2D eigenvalue weighted by Gasteiger charge is 2.22. The minimum absolute atomic E-state index is 0.150. The lowest BCUT2D eigenvalue weighted by molar-refractivity contribution is 0.0947. The van der Waals surface area contributed by atoms with Crippen LogP contribution >= 0.6 is 0 Å². The Balaban J connectivity index is 1.32. The number of nitrogens with zero attached hydrogens (tertiary/aromatic N) is 5. The van der Waals surface area contributed by atoms with Gasteiger partial charge in [0.1, 0.15) is 5.82 Å². The van der Waals surface area contributed by atoms with E-state index in [9.17, 15) is 4.79 Å². The molecule has 1 aliphatic rings. The third kappa shape index (κ3) is 3.64. The number of fused-ring (bicyclic) bond motifs is 1. The van der Waals surface area contributed by atoms with Crippen LogP contribution in [-0.2, 0) is 13.5 Å². The molecule has 148 valence electrons. The number of hydrogen-bond acceptors (Lipinski definition) is 5. The fourth-order valence-corrected chi connectivity index (χ4v) is 3.90. The van der Waals surface area contributed by atoms with Crippen LogP contribution < -0.4 is 10.6 Å². The molecule has 1 aliphatic heterocycles. The summed E-state index contributed by atoms with van der Waals surface area (Å²) in [5.41, 5.74) is 3.42. The Morgan fingerprint density at radius 1 is 1.29 bits per heavy atom. The van der Waals surface area contributed by atoms with Gasteiger partial charge in [-0.3, -0.25) is 4.79 Å². The van der Waals surface area contributed by atoms with Gasteiger partial charge in [-0.1, -0.05) is 17.3 Å². The Hall–Kier alpha value is -2.74. The number of piperidine rings is 1. The lowest BCUT2D eigenvalue weighted by Crippen LogP contribution is -2.30. The van der Waals surface area contributed by atoms with Crippen molar-refractivity contribution >= 4 is 16.9 Å². The molecular formula is C20H27N7O. The fraction of sp³-hybridized carbons (Fsp3) is 0.500. The molecule has 4 rings (SSSR count). The van der Waals surface area contributed by atoms with E-state index in [1.54, 1.807) is 0 Å². The monoisotopic (exact) mass is 381 g/mol. The molecule has 0 spiro atoms. The third-order valence-electron chi connectivity index (χ3n) is 5.54. The second-order valence-electron chi connectivity index (χ2n) is 7.38. The molecule has 1 saturated heterocycles. The van der Waals surface area contributed by atoms with Crippen molar-refractivity contribution in [2.45, 2.75) is 38.6 Å². The smallest absolute Gasteiger partial charge is 0.273 e. The van der Waals surface area contributed by atoms with E-state index >= 15 is 0 Å². The van der Waals surface area contributed by atoms with Crippen molar-refractivity contribution in [2.75, 3.05) is 19.6 Å². The molecule has 0 bridgehead atoms. The summed E-state index contributed by atoms with van der Waals surface area (Å²) >= 11 is 0. The van der Waals surface area contributed by atoms with Crippen LogP contribution in [0.1, 0.15) is 47.3 Å². The molecular weight excluding hydrogens is 354 g/mol. The van der Waals surface area contributed by atoms with Crippen molar-refractivity contribution < 1.29 is 4.79 Å². The van der Waals surface area contributed by atoms with Crippen molar-refractivity contribution in [2.24, 2.45) is 7.05 Å². The largest absolute Gasteiger partial charge is 0.351 e. The van der Waals surface area contributed by atoms with Gasteiger partial charge in [-0.05, 0) is 51.4 Å². The van der Waals surface area contributed by atoms with Crippen LogP contribution in [0, 0.1) is 6.92 Å². The number of amides is 1. The van der Waals surface area contributed by atoms with E-state index in [2.05, 4.69) is 36.6 Å². The minimum atomic E-state index is -0.150. The van der Waals surface area contributed by atoms with Gasteiger partial charge in [0.25, 0.3) is 5.91 Å². The number of para-hydroxylation sites is 2. The minimum Gasteiger partial charge on any atom is -0.351 e. The highest BCUT2D eigenvalue weighted by molar-refractivity contribution is 5.93. The zero-order valence-corrected chi connectivity index (χ0v) is 16.5. The molecule has 8 heteroatoms. The Morgan fingerprint density at radius 3 is 2.86 bits per heavy atom. The van der Waals surface area contributed by atoms with Gasteiger partial charge in [-0.15, -0.1) is 5.10 Å². The summed E-state index contributed by atoms with van der Waals surface area (Å²) in [6.07, 6.45) is 3.67. The van der Waals surface area contributed by atoms with E-state index in [1.165, 1.54) is 0 Å². The van der Waals surface area contributed by atoms with Crippen LogP contribution in [0.15, 0.2) is 24.3 Å². The zero-order valence-electron chi connectivity index (χ0n) is 16.5. The average molecular weight is 381 g/mol. The van der Waals surface area contributed by atoms with Crippen molar-refractivity contribution in [1.82, 2.24) is 35.2 Å². The number of hydrogen-bond donors (Lipinski definition) is 2. The van der Waals surface area contributed by atoms with Gasteiger partial charge in [0.2, 0.25) is 0 Å². The normalized spacial score (nSPS) is 15.2. The Morgan fingerprint density at radius 2 is 2.07 bits per heavy atom. The van der Waals surface area contributed by atoms with E-state index < -0.39 is 0 Å². The van der Waals surface area contributed by atoms with Crippen molar-refractivity contribution in [1.29, 1.82) is 0 Å². The SMILES string of the molecule is Cc1c(C(=O)NCCCc2nc3ccccc3n2C)nnn1C1CCNCC1. The molecule has 1 aromatic carbocycles. The highest BCUT2D eigenvalue weighted by Crippen LogP contribution is 2.20. The first-order valence-corrected chi connectivity index (χ1v) is 9.96. The quantitative estimate of drug-likeness (QED) is 0.635. The van der Waals surface area contributed by atoms with E-state index in [1.807, 2.05) is 36.9 Å². The number of nitrogens with one attached hydrogen (secondary N) is 2. The van der Waals surface area contributed by atoms with Gasteiger partial charge < -0.3 is 15.2 Å². The summed E-state index contributed by atoms with van der Waals surface area (Å²) in [5.74, 6) is 0.881. The molecule has 0 saturated carbocycles. The zero-order chi connectivity index (χ0) is 19.5. The molecule has 3 heterocycles. The molecule has 2 N–H and O–H groups in total. The maximum atomic E-state index is 12.5. The maximum Gasteiger partial charge on any atom is 0.273 e. The second-order valence-corrected chi connectivity index (χ2v) is 7.38. The number of imidazole rings is 1. The number of carbonyl (C=O) groups is 1. The van der Waals surface area contributed by atoms with Crippen LogP contribution in [0.25, 0.3) is 11.0 Å². The van der Waals surface area contributed by atoms with Gasteiger partial charge in [0, 0.05) is 20.0 Å². The van der Waals surface area contributed by atoms with Crippen LogP contribution in [-0.4, -0.2) is 50.1 Å². The molecule has 0 atom stereocenters. The van der Waals surface area contributed by atoms with Crippen LogP contribution in [0.5, 0.6) is 0 Å². The summed E-state index contributed by atoms with van der Waals surface area (Å²) < 4.78 is 4.03. The first kappa shape index (κ1) is 18.6. The lowest BCUT2D eigenvalue weighted by atomic mass is 10.1. The molecule has 1 fully saturated rings. The van der Waals surface area contributed by atoms with Crippen molar-refractivity contribution in [3.63, 3.8) is 0 Å². The lowest BCUT2D eigenvalue weighted by Gasteiger charge is -2.23. The molecule has 3 aromatic rings. The summed E-state index contributed by atoms with van der Waals surface area (Å²) in [7, 11) is 2.03. The standard InChI is InChI=1S/C20H27N7O/c1-14-19(24-25-27(14)15-9-12-21-13-10-15)20(28)22-11-5-8-18-23-16-6-3-4-7-17(16)26(18)2/h3-4,6-7,15,21H,5,8-13H2,1-2H3,(H,22,28). The summed E-state index contributed by atoms with van der Waals surface area (Å²) in [6.45, 7) is 4.47. The summed E-state index contributed by atoms with van der Waals surface area (Å²) in [4.78, 5) is 17.2. The Labute approximate surface area is 164 Å². The van der Waals surface area contributed by atoms with Gasteiger partial charge in [-0.2, -0.15) is 0 Å². The maximum absolute atomic E-state index is 12.5. The van der Waals surface area contributed by atoms with Gasteiger partial charge in [0.05, 0.1) is 22.8 Å². The van der Waals surface area contributed by atoms with Crippen LogP contribution in [0.4, 0.5) is 0 Å². The molecule has 28 heavy (non-hydrogen) atoms. The molecule has 0 aliphatic carbocycles. The second kappa shape index (κ2) is 8.10. The Kier molecular flexibility index (Phi) is 5.38. The number of aromatic nitrogens is 5. The van der Waals surface area contributed by atoms with Crippen LogP contribution in [0.3, 0.4) is 0 Å². The van der Waals surface area contributed by atoms with E-state index in [0.29, 0.717) is 18.3 Å². The third-order valence-corrected chi connectivity index (χ3v) is 5.54.